The molecule has 0 radical (unpaired) electrons. The zero-order valence-corrected chi connectivity index (χ0v) is 11.0. The molecule has 1 aromatic carbocycles. The Morgan fingerprint density at radius 2 is 2.22 bits per heavy atom. The largest absolute Gasteiger partial charge is 0.454 e. The molecule has 3 rings (SSSR count). The van der Waals surface area contributed by atoms with Crippen molar-refractivity contribution in [3.05, 3.63) is 41.4 Å². The van der Waals surface area contributed by atoms with Crippen molar-refractivity contribution < 1.29 is 4.42 Å². The third-order valence-corrected chi connectivity index (χ3v) is 3.72. The van der Waals surface area contributed by atoms with Gasteiger partial charge in [0.05, 0.1) is 5.69 Å². The fourth-order valence-electron chi connectivity index (χ4n) is 1.88. The van der Waals surface area contributed by atoms with Gasteiger partial charge in [-0.05, 0) is 19.2 Å². The Bertz CT molecular complexity index is 623. The summed E-state index contributed by atoms with van der Waals surface area (Å²) in [5.74, 6) is 0.858. The van der Waals surface area contributed by atoms with Gasteiger partial charge in [0, 0.05) is 23.7 Å². The number of nitrogens with one attached hydrogen (secondary N) is 1. The summed E-state index contributed by atoms with van der Waals surface area (Å²) < 4.78 is 5.80. The Kier molecular flexibility index (Phi) is 3.13. The number of aromatic nitrogens is 1. The Balaban J connectivity index is 1.91. The molecule has 0 atom stereocenters. The van der Waals surface area contributed by atoms with Crippen LogP contribution in [-0.2, 0) is 6.42 Å². The van der Waals surface area contributed by atoms with E-state index in [2.05, 4.69) is 27.8 Å². The zero-order chi connectivity index (χ0) is 12.4. The minimum atomic E-state index is 0.858. The van der Waals surface area contributed by atoms with Crippen LogP contribution in [-0.4, -0.2) is 18.6 Å². The van der Waals surface area contributed by atoms with E-state index < -0.39 is 0 Å². The van der Waals surface area contributed by atoms with E-state index in [1.807, 2.05) is 25.2 Å². The predicted octanol–water partition coefficient (Wildman–Crippen LogP) is 3.32. The second kappa shape index (κ2) is 4.92. The molecule has 0 spiro atoms. The highest BCUT2D eigenvalue weighted by atomic mass is 32.1. The van der Waals surface area contributed by atoms with E-state index in [1.165, 1.54) is 0 Å². The first kappa shape index (κ1) is 11.4. The molecule has 0 unspecified atom stereocenters. The molecule has 4 heteroatoms. The number of thiazole rings is 1. The lowest BCUT2D eigenvalue weighted by Crippen LogP contribution is -2.10. The van der Waals surface area contributed by atoms with Crippen LogP contribution in [0, 0.1) is 0 Å². The predicted molar refractivity (Wildman–Crippen MR) is 75.0 cm³/mol. The number of rotatable bonds is 4. The first-order valence-corrected chi connectivity index (χ1v) is 6.83. The summed E-state index contributed by atoms with van der Waals surface area (Å²) in [6, 6.07) is 10.1. The number of fused-ring (bicyclic) bond motifs is 1. The molecule has 0 saturated carbocycles. The van der Waals surface area contributed by atoms with Crippen molar-refractivity contribution >= 4 is 22.3 Å². The van der Waals surface area contributed by atoms with Crippen molar-refractivity contribution in [1.29, 1.82) is 0 Å². The van der Waals surface area contributed by atoms with Crippen LogP contribution in [0.3, 0.4) is 0 Å². The molecule has 3 nitrogen and oxygen atoms in total. The minimum absolute atomic E-state index is 0.858. The Hall–Kier alpha value is -1.65. The van der Waals surface area contributed by atoms with E-state index in [0.717, 1.165) is 40.4 Å². The average molecular weight is 258 g/mol. The van der Waals surface area contributed by atoms with Crippen molar-refractivity contribution in [1.82, 2.24) is 10.3 Å². The highest BCUT2D eigenvalue weighted by molar-refractivity contribution is 7.13. The molecule has 92 valence electrons. The quantitative estimate of drug-likeness (QED) is 0.780. The summed E-state index contributed by atoms with van der Waals surface area (Å²) >= 11 is 1.64. The Morgan fingerprint density at radius 1 is 1.33 bits per heavy atom. The standard InChI is InChI=1S/C14H14N2OS/c1-15-7-6-11-9-18-14(16-11)13-8-10-4-2-3-5-12(10)17-13/h2-5,8-9,15H,6-7H2,1H3. The van der Waals surface area contributed by atoms with Crippen LogP contribution in [0.2, 0.25) is 0 Å². The van der Waals surface area contributed by atoms with Gasteiger partial charge >= 0.3 is 0 Å². The SMILES string of the molecule is CNCCc1csc(-c2cc3ccccc3o2)n1. The normalized spacial score (nSPS) is 11.2. The van der Waals surface area contributed by atoms with Gasteiger partial charge in [-0.1, -0.05) is 18.2 Å². The van der Waals surface area contributed by atoms with Crippen LogP contribution in [0.5, 0.6) is 0 Å². The number of nitrogens with zero attached hydrogens (tertiary/aromatic N) is 1. The zero-order valence-electron chi connectivity index (χ0n) is 10.1. The lowest BCUT2D eigenvalue weighted by atomic mass is 10.2. The summed E-state index contributed by atoms with van der Waals surface area (Å²) in [6.07, 6.45) is 0.952. The van der Waals surface area contributed by atoms with Crippen LogP contribution in [0.15, 0.2) is 40.1 Å². The summed E-state index contributed by atoms with van der Waals surface area (Å²) in [7, 11) is 1.95. The van der Waals surface area contributed by atoms with E-state index in [9.17, 15) is 0 Å². The van der Waals surface area contributed by atoms with Crippen LogP contribution < -0.4 is 5.32 Å². The first-order chi connectivity index (χ1) is 8.86. The number of likely N-dealkylation sites (N-methyl/N-ethyl adjacent to an activating group) is 1. The molecular formula is C14H14N2OS. The van der Waals surface area contributed by atoms with E-state index in [-0.39, 0.29) is 0 Å². The highest BCUT2D eigenvalue weighted by Crippen LogP contribution is 2.29. The average Bonchev–Trinajstić information content (AvgIpc) is 3.02. The van der Waals surface area contributed by atoms with Crippen molar-refractivity contribution in [3.8, 4) is 10.8 Å². The first-order valence-electron chi connectivity index (χ1n) is 5.95. The van der Waals surface area contributed by atoms with Gasteiger partial charge < -0.3 is 9.73 Å². The van der Waals surface area contributed by atoms with Crippen molar-refractivity contribution in [2.24, 2.45) is 0 Å². The maximum atomic E-state index is 5.80. The summed E-state index contributed by atoms with van der Waals surface area (Å²) in [4.78, 5) is 4.60. The second-order valence-electron chi connectivity index (χ2n) is 4.15. The van der Waals surface area contributed by atoms with Gasteiger partial charge in [0.15, 0.2) is 10.8 Å². The smallest absolute Gasteiger partial charge is 0.164 e. The number of hydrogen-bond acceptors (Lipinski definition) is 4. The van der Waals surface area contributed by atoms with Crippen molar-refractivity contribution in [2.75, 3.05) is 13.6 Å². The van der Waals surface area contributed by atoms with Gasteiger partial charge in [-0.2, -0.15) is 0 Å². The number of benzene rings is 1. The Morgan fingerprint density at radius 3 is 3.06 bits per heavy atom. The topological polar surface area (TPSA) is 38.1 Å². The van der Waals surface area contributed by atoms with Crippen molar-refractivity contribution in [3.63, 3.8) is 0 Å². The monoisotopic (exact) mass is 258 g/mol. The lowest BCUT2D eigenvalue weighted by molar-refractivity contribution is 0.630. The molecule has 0 aliphatic rings. The summed E-state index contributed by atoms with van der Waals surface area (Å²) in [6.45, 7) is 0.948. The molecule has 0 aliphatic heterocycles. The van der Waals surface area contributed by atoms with Gasteiger partial charge in [0.25, 0.3) is 0 Å². The van der Waals surface area contributed by atoms with Gasteiger partial charge in [0.2, 0.25) is 0 Å². The van der Waals surface area contributed by atoms with Crippen LogP contribution in [0.1, 0.15) is 5.69 Å². The number of hydrogen-bond donors (Lipinski definition) is 1. The molecule has 2 heterocycles. The van der Waals surface area contributed by atoms with E-state index in [0.29, 0.717) is 0 Å². The van der Waals surface area contributed by atoms with Gasteiger partial charge in [-0.15, -0.1) is 11.3 Å². The fraction of sp³-hybridized carbons (Fsp3) is 0.214. The molecule has 0 aliphatic carbocycles. The minimum Gasteiger partial charge on any atom is -0.454 e. The van der Waals surface area contributed by atoms with E-state index >= 15 is 0 Å². The molecule has 1 N–H and O–H groups in total. The van der Waals surface area contributed by atoms with E-state index in [1.54, 1.807) is 11.3 Å². The molecule has 0 fully saturated rings. The number of furan rings is 1. The Labute approximate surface area is 109 Å². The van der Waals surface area contributed by atoms with Crippen LogP contribution in [0.25, 0.3) is 21.7 Å². The van der Waals surface area contributed by atoms with Gasteiger partial charge in [-0.3, -0.25) is 0 Å². The lowest BCUT2D eigenvalue weighted by Gasteiger charge is -1.93. The van der Waals surface area contributed by atoms with Crippen LogP contribution in [0.4, 0.5) is 0 Å². The van der Waals surface area contributed by atoms with Crippen molar-refractivity contribution in [2.45, 2.75) is 6.42 Å². The summed E-state index contributed by atoms with van der Waals surface area (Å²) in [5.41, 5.74) is 2.03. The van der Waals surface area contributed by atoms with Gasteiger partial charge in [0.1, 0.15) is 5.58 Å². The number of para-hydroxylation sites is 1. The maximum Gasteiger partial charge on any atom is 0.164 e. The molecular weight excluding hydrogens is 244 g/mol. The fourth-order valence-corrected chi connectivity index (χ4v) is 2.68. The second-order valence-corrected chi connectivity index (χ2v) is 5.00. The molecule has 0 bridgehead atoms. The molecule has 3 aromatic rings. The molecule has 2 aromatic heterocycles. The highest BCUT2D eigenvalue weighted by Gasteiger charge is 2.09. The molecule has 0 saturated heterocycles. The van der Waals surface area contributed by atoms with Crippen LogP contribution >= 0.6 is 11.3 Å². The summed E-state index contributed by atoms with van der Waals surface area (Å²) in [5, 5.41) is 7.31. The maximum absolute atomic E-state index is 5.80. The molecule has 18 heavy (non-hydrogen) atoms. The van der Waals surface area contributed by atoms with E-state index in [4.69, 9.17) is 4.42 Å². The molecule has 0 amide bonds. The third-order valence-electron chi connectivity index (χ3n) is 2.82. The van der Waals surface area contributed by atoms with Gasteiger partial charge in [-0.25, -0.2) is 4.98 Å². The third kappa shape index (κ3) is 2.17.